The molecule has 0 aliphatic heterocycles. The fourth-order valence-electron chi connectivity index (χ4n) is 1.80. The molecule has 0 aromatic carbocycles. The molecular weight excluding hydrogens is 276 g/mol. The molecule has 1 N–H and O–H groups in total. The lowest BCUT2D eigenvalue weighted by atomic mass is 10.5. The Morgan fingerprint density at radius 3 is 2.83 bits per heavy atom. The van der Waals surface area contributed by atoms with Crippen molar-refractivity contribution in [1.82, 2.24) is 9.29 Å². The van der Waals surface area contributed by atoms with Gasteiger partial charge in [0.05, 0.1) is 17.4 Å². The molecule has 0 radical (unpaired) electrons. The molecule has 1 heterocycles. The number of rotatable bonds is 7. The summed E-state index contributed by atoms with van der Waals surface area (Å²) in [6.07, 6.45) is 3.86. The van der Waals surface area contributed by atoms with Crippen molar-refractivity contribution in [2.75, 3.05) is 20.3 Å². The second-order valence-electron chi connectivity index (χ2n) is 4.33. The van der Waals surface area contributed by atoms with E-state index in [-0.39, 0.29) is 11.4 Å². The van der Waals surface area contributed by atoms with Gasteiger partial charge in [-0.3, -0.25) is 0 Å². The Balaban J connectivity index is 2.16. The van der Waals surface area contributed by atoms with Crippen LogP contribution in [-0.4, -0.2) is 33.2 Å². The van der Waals surface area contributed by atoms with Gasteiger partial charge in [-0.05, 0) is 18.9 Å². The Labute approximate surface area is 112 Å². The van der Waals surface area contributed by atoms with E-state index in [4.69, 9.17) is 16.3 Å². The Morgan fingerprint density at radius 1 is 1.56 bits per heavy atom. The van der Waals surface area contributed by atoms with Gasteiger partial charge in [0.15, 0.2) is 0 Å². The highest BCUT2D eigenvalue weighted by atomic mass is 35.5. The van der Waals surface area contributed by atoms with Crippen molar-refractivity contribution in [3.8, 4) is 0 Å². The zero-order chi connectivity index (χ0) is 13.2. The molecule has 5 nitrogen and oxygen atoms in total. The molecule has 0 atom stereocenters. The van der Waals surface area contributed by atoms with Gasteiger partial charge in [0.2, 0.25) is 10.0 Å². The van der Waals surface area contributed by atoms with E-state index < -0.39 is 10.0 Å². The van der Waals surface area contributed by atoms with E-state index in [2.05, 4.69) is 4.72 Å². The standard InChI is InChI=1S/C11H17ClN2O3S/c1-17-5-4-13-18(15,16)11-6-10(7-12)14(8-11)9-2-3-9/h6,8-9,13H,2-5,7H2,1H3. The monoisotopic (exact) mass is 292 g/mol. The Kier molecular flexibility index (Phi) is 4.32. The van der Waals surface area contributed by atoms with Gasteiger partial charge < -0.3 is 9.30 Å². The van der Waals surface area contributed by atoms with E-state index in [0.29, 0.717) is 18.5 Å². The normalized spacial score (nSPS) is 16.1. The maximum Gasteiger partial charge on any atom is 0.242 e. The van der Waals surface area contributed by atoms with Crippen LogP contribution in [0.1, 0.15) is 24.6 Å². The highest BCUT2D eigenvalue weighted by Gasteiger charge is 2.27. The first kappa shape index (κ1) is 13.9. The van der Waals surface area contributed by atoms with Crippen molar-refractivity contribution in [2.45, 2.75) is 29.7 Å². The van der Waals surface area contributed by atoms with Crippen molar-refractivity contribution in [3.63, 3.8) is 0 Å². The maximum absolute atomic E-state index is 12.0. The molecule has 1 aliphatic carbocycles. The second kappa shape index (κ2) is 5.61. The molecule has 1 aliphatic rings. The summed E-state index contributed by atoms with van der Waals surface area (Å²) in [5.74, 6) is 0.324. The van der Waals surface area contributed by atoms with Crippen molar-refractivity contribution in [3.05, 3.63) is 18.0 Å². The van der Waals surface area contributed by atoms with Crippen LogP contribution in [0.5, 0.6) is 0 Å². The average molecular weight is 293 g/mol. The van der Waals surface area contributed by atoms with Gasteiger partial charge in [0.1, 0.15) is 0 Å². The molecule has 0 spiro atoms. The summed E-state index contributed by atoms with van der Waals surface area (Å²) in [5.41, 5.74) is 0.853. The first-order chi connectivity index (χ1) is 8.58. The molecule has 1 aromatic rings. The van der Waals surface area contributed by atoms with E-state index in [1.165, 1.54) is 7.11 Å². The van der Waals surface area contributed by atoms with E-state index in [1.54, 1.807) is 12.3 Å². The number of nitrogens with zero attached hydrogens (tertiary/aromatic N) is 1. The van der Waals surface area contributed by atoms with Gasteiger partial charge in [0, 0.05) is 31.6 Å². The zero-order valence-corrected chi connectivity index (χ0v) is 11.8. The fourth-order valence-corrected chi connectivity index (χ4v) is 3.08. The quantitative estimate of drug-likeness (QED) is 0.612. The van der Waals surface area contributed by atoms with Crippen molar-refractivity contribution in [1.29, 1.82) is 0 Å². The smallest absolute Gasteiger partial charge is 0.242 e. The number of sulfonamides is 1. The summed E-state index contributed by atoms with van der Waals surface area (Å²) < 4.78 is 33.3. The van der Waals surface area contributed by atoms with Crippen LogP contribution >= 0.6 is 11.6 Å². The number of aromatic nitrogens is 1. The highest BCUT2D eigenvalue weighted by Crippen LogP contribution is 2.37. The van der Waals surface area contributed by atoms with E-state index >= 15 is 0 Å². The third kappa shape index (κ3) is 3.06. The lowest BCUT2D eigenvalue weighted by molar-refractivity contribution is 0.204. The first-order valence-corrected chi connectivity index (χ1v) is 7.85. The van der Waals surface area contributed by atoms with Crippen LogP contribution in [0.25, 0.3) is 0 Å². The van der Waals surface area contributed by atoms with Gasteiger partial charge in [-0.1, -0.05) is 0 Å². The minimum atomic E-state index is -3.46. The van der Waals surface area contributed by atoms with Gasteiger partial charge in [-0.15, -0.1) is 11.6 Å². The molecule has 7 heteroatoms. The average Bonchev–Trinajstić information content (AvgIpc) is 3.08. The summed E-state index contributed by atoms with van der Waals surface area (Å²) in [5, 5.41) is 0. The number of methoxy groups -OCH3 is 1. The predicted molar refractivity (Wildman–Crippen MR) is 69.3 cm³/mol. The van der Waals surface area contributed by atoms with Crippen LogP contribution in [0, 0.1) is 0 Å². The summed E-state index contributed by atoms with van der Waals surface area (Å²) >= 11 is 5.84. The molecule has 0 amide bonds. The van der Waals surface area contributed by atoms with E-state index in [0.717, 1.165) is 18.5 Å². The molecule has 1 saturated carbocycles. The molecular formula is C11H17ClN2O3S. The largest absolute Gasteiger partial charge is 0.383 e. The number of hydrogen-bond donors (Lipinski definition) is 1. The first-order valence-electron chi connectivity index (χ1n) is 5.84. The van der Waals surface area contributed by atoms with Crippen LogP contribution in [0.4, 0.5) is 0 Å². The van der Waals surface area contributed by atoms with Crippen LogP contribution in [-0.2, 0) is 20.6 Å². The summed E-state index contributed by atoms with van der Waals surface area (Å²) in [4.78, 5) is 0.279. The summed E-state index contributed by atoms with van der Waals surface area (Å²) in [6.45, 7) is 0.620. The fraction of sp³-hybridized carbons (Fsp3) is 0.636. The number of ether oxygens (including phenoxy) is 1. The van der Waals surface area contributed by atoms with E-state index in [9.17, 15) is 8.42 Å². The number of hydrogen-bond acceptors (Lipinski definition) is 3. The van der Waals surface area contributed by atoms with Crippen molar-refractivity contribution >= 4 is 21.6 Å². The third-order valence-corrected chi connectivity index (χ3v) is 4.59. The minimum absolute atomic E-state index is 0.268. The summed E-state index contributed by atoms with van der Waals surface area (Å²) in [6, 6.07) is 2.06. The predicted octanol–water partition coefficient (Wildman–Crippen LogP) is 1.49. The Bertz CT molecular complexity index is 508. The molecule has 0 saturated heterocycles. The van der Waals surface area contributed by atoms with Crippen LogP contribution in [0.2, 0.25) is 0 Å². The topological polar surface area (TPSA) is 60.3 Å². The molecule has 102 valence electrons. The maximum atomic E-state index is 12.0. The number of halogens is 1. The lowest BCUT2D eigenvalue weighted by Gasteiger charge is -2.04. The van der Waals surface area contributed by atoms with Crippen molar-refractivity contribution in [2.24, 2.45) is 0 Å². The molecule has 2 rings (SSSR count). The second-order valence-corrected chi connectivity index (χ2v) is 6.36. The zero-order valence-electron chi connectivity index (χ0n) is 10.2. The Hall–Kier alpha value is -0.560. The third-order valence-electron chi connectivity index (χ3n) is 2.89. The van der Waals surface area contributed by atoms with E-state index in [1.807, 2.05) is 4.57 Å². The van der Waals surface area contributed by atoms with Crippen LogP contribution in [0.3, 0.4) is 0 Å². The van der Waals surface area contributed by atoms with Crippen LogP contribution in [0.15, 0.2) is 17.2 Å². The molecule has 18 heavy (non-hydrogen) atoms. The summed E-state index contributed by atoms with van der Waals surface area (Å²) in [7, 11) is -1.93. The van der Waals surface area contributed by atoms with Crippen molar-refractivity contribution < 1.29 is 13.2 Å². The van der Waals surface area contributed by atoms with Gasteiger partial charge in [0.25, 0.3) is 0 Å². The van der Waals surface area contributed by atoms with Gasteiger partial charge in [-0.25, -0.2) is 13.1 Å². The van der Waals surface area contributed by atoms with Gasteiger partial charge >= 0.3 is 0 Å². The lowest BCUT2D eigenvalue weighted by Crippen LogP contribution is -2.26. The minimum Gasteiger partial charge on any atom is -0.383 e. The molecule has 0 unspecified atom stereocenters. The number of alkyl halides is 1. The molecule has 0 bridgehead atoms. The molecule has 1 fully saturated rings. The van der Waals surface area contributed by atoms with Crippen LogP contribution < -0.4 is 4.72 Å². The number of nitrogens with one attached hydrogen (secondary N) is 1. The SMILES string of the molecule is COCCNS(=O)(=O)c1cc(CCl)n(C2CC2)c1. The highest BCUT2D eigenvalue weighted by molar-refractivity contribution is 7.89. The Morgan fingerprint density at radius 2 is 2.28 bits per heavy atom. The van der Waals surface area contributed by atoms with Gasteiger partial charge in [-0.2, -0.15) is 0 Å². The molecule has 1 aromatic heterocycles.